The summed E-state index contributed by atoms with van der Waals surface area (Å²) in [4.78, 5) is 37.8. The number of benzene rings is 2. The Morgan fingerprint density at radius 3 is 2.34 bits per heavy atom. The van der Waals surface area contributed by atoms with Gasteiger partial charge in [-0.05, 0) is 36.5 Å². The smallest absolute Gasteiger partial charge is 0.269 e. The van der Waals surface area contributed by atoms with Crippen LogP contribution in [0, 0.1) is 23.0 Å². The highest BCUT2D eigenvalue weighted by Gasteiger charge is 2.26. The highest BCUT2D eigenvalue weighted by molar-refractivity contribution is 7.99. The van der Waals surface area contributed by atoms with Gasteiger partial charge in [-0.3, -0.25) is 19.7 Å². The van der Waals surface area contributed by atoms with E-state index in [4.69, 9.17) is 0 Å². The van der Waals surface area contributed by atoms with Crippen LogP contribution in [0.4, 0.5) is 5.69 Å². The number of hydrogen-bond acceptors (Lipinski definition) is 5. The number of rotatable bonds is 11. The average Bonchev–Trinajstić information content (AvgIpc) is 2.76. The van der Waals surface area contributed by atoms with E-state index in [2.05, 4.69) is 5.32 Å². The van der Waals surface area contributed by atoms with Crippen molar-refractivity contribution in [3.63, 3.8) is 0 Å². The second-order valence-electron chi connectivity index (χ2n) is 8.18. The number of aryl methyl sites for hydroxylation is 1. The van der Waals surface area contributed by atoms with Crippen molar-refractivity contribution in [2.24, 2.45) is 5.92 Å². The van der Waals surface area contributed by atoms with Gasteiger partial charge in [0.15, 0.2) is 0 Å². The fourth-order valence-electron chi connectivity index (χ4n) is 3.06. The number of nitrogens with zero attached hydrogens (tertiary/aromatic N) is 2. The summed E-state index contributed by atoms with van der Waals surface area (Å²) in [6, 6.07) is 13.6. The molecule has 0 fully saturated rings. The van der Waals surface area contributed by atoms with Gasteiger partial charge in [0, 0.05) is 31.0 Å². The van der Waals surface area contributed by atoms with Crippen LogP contribution in [0.3, 0.4) is 0 Å². The first-order valence-corrected chi connectivity index (χ1v) is 11.8. The highest BCUT2D eigenvalue weighted by Crippen LogP contribution is 2.19. The Morgan fingerprint density at radius 1 is 1.09 bits per heavy atom. The zero-order chi connectivity index (χ0) is 23.7. The molecule has 0 heterocycles. The molecule has 8 heteroatoms. The highest BCUT2D eigenvalue weighted by atomic mass is 32.2. The Kier molecular flexibility index (Phi) is 9.71. The molecular weight excluding hydrogens is 426 g/mol. The van der Waals surface area contributed by atoms with Crippen LogP contribution in [-0.4, -0.2) is 40.0 Å². The molecule has 0 saturated heterocycles. The molecule has 1 atom stereocenters. The molecule has 1 N–H and O–H groups in total. The van der Waals surface area contributed by atoms with E-state index in [-0.39, 0.29) is 23.3 Å². The van der Waals surface area contributed by atoms with Crippen molar-refractivity contribution in [1.29, 1.82) is 0 Å². The number of amides is 2. The molecule has 0 spiro atoms. The van der Waals surface area contributed by atoms with Gasteiger partial charge in [-0.2, -0.15) is 0 Å². The monoisotopic (exact) mass is 457 g/mol. The standard InChI is InChI=1S/C24H31N3O4S/c1-17(2)13-25-24(29)19(4)26(14-21-8-6-5-7-18(21)3)23(28)16-32-15-20-9-11-22(12-10-20)27(30)31/h5-12,17,19H,13-16H2,1-4H3,(H,25,29)/t19-/m0/s1. The Labute approximate surface area is 193 Å². The Balaban J connectivity index is 2.06. The zero-order valence-electron chi connectivity index (χ0n) is 19.0. The third-order valence-electron chi connectivity index (χ3n) is 5.10. The summed E-state index contributed by atoms with van der Waals surface area (Å²) in [5.41, 5.74) is 3.02. The minimum absolute atomic E-state index is 0.0421. The van der Waals surface area contributed by atoms with E-state index in [1.807, 2.05) is 45.0 Å². The number of thioether (sulfide) groups is 1. The predicted octanol–water partition coefficient (Wildman–Crippen LogP) is 4.33. The molecule has 0 unspecified atom stereocenters. The van der Waals surface area contributed by atoms with E-state index in [0.717, 1.165) is 16.7 Å². The maximum absolute atomic E-state index is 13.1. The quantitative estimate of drug-likeness (QED) is 0.401. The third kappa shape index (κ3) is 7.67. The maximum atomic E-state index is 13.1. The number of hydrogen-bond donors (Lipinski definition) is 1. The summed E-state index contributed by atoms with van der Waals surface area (Å²) in [5, 5.41) is 13.7. The van der Waals surface area contributed by atoms with Crippen LogP contribution >= 0.6 is 11.8 Å². The molecule has 32 heavy (non-hydrogen) atoms. The van der Waals surface area contributed by atoms with Crippen LogP contribution in [-0.2, 0) is 21.9 Å². The summed E-state index contributed by atoms with van der Waals surface area (Å²) >= 11 is 1.43. The largest absolute Gasteiger partial charge is 0.354 e. The van der Waals surface area contributed by atoms with Gasteiger partial charge in [0.2, 0.25) is 11.8 Å². The van der Waals surface area contributed by atoms with E-state index in [9.17, 15) is 19.7 Å². The minimum atomic E-state index is -0.596. The Bertz CT molecular complexity index is 931. The van der Waals surface area contributed by atoms with Crippen LogP contribution in [0.2, 0.25) is 0 Å². The molecule has 0 radical (unpaired) electrons. The molecule has 0 bridgehead atoms. The maximum Gasteiger partial charge on any atom is 0.269 e. The number of nitro groups is 1. The van der Waals surface area contributed by atoms with E-state index < -0.39 is 11.0 Å². The van der Waals surface area contributed by atoms with E-state index in [0.29, 0.717) is 24.8 Å². The third-order valence-corrected chi connectivity index (χ3v) is 6.08. The van der Waals surface area contributed by atoms with Gasteiger partial charge < -0.3 is 10.2 Å². The van der Waals surface area contributed by atoms with Crippen molar-refractivity contribution in [2.75, 3.05) is 12.3 Å². The molecule has 0 saturated carbocycles. The molecular formula is C24H31N3O4S. The van der Waals surface area contributed by atoms with Gasteiger partial charge in [-0.15, -0.1) is 11.8 Å². The van der Waals surface area contributed by atoms with Crippen molar-refractivity contribution < 1.29 is 14.5 Å². The van der Waals surface area contributed by atoms with Crippen LogP contribution in [0.1, 0.15) is 37.5 Å². The van der Waals surface area contributed by atoms with Gasteiger partial charge in [-0.1, -0.05) is 50.2 Å². The van der Waals surface area contributed by atoms with Crippen molar-refractivity contribution in [3.8, 4) is 0 Å². The lowest BCUT2D eigenvalue weighted by atomic mass is 10.1. The average molecular weight is 458 g/mol. The molecule has 172 valence electrons. The molecule has 0 aliphatic rings. The van der Waals surface area contributed by atoms with Crippen molar-refractivity contribution in [3.05, 3.63) is 75.3 Å². The number of nitro benzene ring substituents is 1. The van der Waals surface area contributed by atoms with Crippen LogP contribution in [0.25, 0.3) is 0 Å². The Morgan fingerprint density at radius 2 is 1.75 bits per heavy atom. The molecule has 2 amide bonds. The number of carbonyl (C=O) groups is 2. The minimum Gasteiger partial charge on any atom is -0.354 e. The first-order chi connectivity index (χ1) is 15.2. The summed E-state index contributed by atoms with van der Waals surface area (Å²) in [6.07, 6.45) is 0. The SMILES string of the molecule is Cc1ccccc1CN(C(=O)CSCc1ccc([N+](=O)[O-])cc1)[C@@H](C)C(=O)NCC(C)C. The van der Waals surface area contributed by atoms with Gasteiger partial charge in [0.05, 0.1) is 10.7 Å². The lowest BCUT2D eigenvalue weighted by molar-refractivity contribution is -0.384. The fourth-order valence-corrected chi connectivity index (χ4v) is 3.93. The summed E-state index contributed by atoms with van der Waals surface area (Å²) in [5.74, 6) is 0.804. The van der Waals surface area contributed by atoms with Crippen molar-refractivity contribution in [2.45, 2.75) is 46.0 Å². The van der Waals surface area contributed by atoms with Crippen LogP contribution < -0.4 is 5.32 Å². The summed E-state index contributed by atoms with van der Waals surface area (Å²) in [6.45, 7) is 8.72. The van der Waals surface area contributed by atoms with Crippen molar-refractivity contribution in [1.82, 2.24) is 10.2 Å². The van der Waals surface area contributed by atoms with Gasteiger partial charge in [0.25, 0.3) is 5.69 Å². The topological polar surface area (TPSA) is 92.6 Å². The molecule has 0 aliphatic carbocycles. The van der Waals surface area contributed by atoms with E-state index in [1.165, 1.54) is 23.9 Å². The molecule has 2 aromatic rings. The first-order valence-electron chi connectivity index (χ1n) is 10.6. The second kappa shape index (κ2) is 12.2. The molecule has 0 aromatic heterocycles. The van der Waals surface area contributed by atoms with Gasteiger partial charge in [0.1, 0.15) is 6.04 Å². The Hall–Kier alpha value is -2.87. The van der Waals surface area contributed by atoms with Crippen molar-refractivity contribution >= 4 is 29.3 Å². The van der Waals surface area contributed by atoms with E-state index in [1.54, 1.807) is 24.0 Å². The first kappa shape index (κ1) is 25.4. The van der Waals surface area contributed by atoms with E-state index >= 15 is 0 Å². The number of carbonyl (C=O) groups excluding carboxylic acids is 2. The second-order valence-corrected chi connectivity index (χ2v) is 9.17. The number of non-ortho nitro benzene ring substituents is 1. The lowest BCUT2D eigenvalue weighted by Crippen LogP contribution is -2.48. The molecule has 2 aromatic carbocycles. The van der Waals surface area contributed by atoms with Crippen LogP contribution in [0.15, 0.2) is 48.5 Å². The lowest BCUT2D eigenvalue weighted by Gasteiger charge is -2.29. The fraction of sp³-hybridized carbons (Fsp3) is 0.417. The zero-order valence-corrected chi connectivity index (χ0v) is 19.9. The molecule has 2 rings (SSSR count). The van der Waals surface area contributed by atoms with Gasteiger partial charge >= 0.3 is 0 Å². The summed E-state index contributed by atoms with van der Waals surface area (Å²) in [7, 11) is 0. The van der Waals surface area contributed by atoms with Gasteiger partial charge in [-0.25, -0.2) is 0 Å². The van der Waals surface area contributed by atoms with Crippen LogP contribution in [0.5, 0.6) is 0 Å². The normalized spacial score (nSPS) is 11.8. The molecule has 7 nitrogen and oxygen atoms in total. The number of nitrogens with one attached hydrogen (secondary N) is 1. The summed E-state index contributed by atoms with van der Waals surface area (Å²) < 4.78 is 0. The predicted molar refractivity (Wildman–Crippen MR) is 128 cm³/mol. The molecule has 0 aliphatic heterocycles.